The van der Waals surface area contributed by atoms with Crippen molar-refractivity contribution in [3.63, 3.8) is 0 Å². The number of nitrogen functional groups attached to an aromatic ring is 1. The van der Waals surface area contributed by atoms with Crippen LogP contribution in [0, 0.1) is 11.3 Å². The number of pyridine rings is 1. The van der Waals surface area contributed by atoms with Crippen molar-refractivity contribution < 1.29 is 4.79 Å². The van der Waals surface area contributed by atoms with E-state index in [1.807, 2.05) is 19.9 Å². The third-order valence-corrected chi connectivity index (χ3v) is 2.86. The number of rotatable bonds is 5. The highest BCUT2D eigenvalue weighted by Gasteiger charge is 2.19. The van der Waals surface area contributed by atoms with E-state index in [4.69, 9.17) is 22.7 Å². The minimum Gasteiger partial charge on any atom is -0.335 e. The van der Waals surface area contributed by atoms with Gasteiger partial charge >= 0.3 is 0 Å². The van der Waals surface area contributed by atoms with E-state index in [-0.39, 0.29) is 23.4 Å². The van der Waals surface area contributed by atoms with E-state index < -0.39 is 0 Å². The number of halogens is 1. The molecule has 0 aromatic carbocycles. The Bertz CT molecular complexity index is 497. The number of anilines is 1. The van der Waals surface area contributed by atoms with Crippen molar-refractivity contribution in [1.29, 1.82) is 5.26 Å². The first kappa shape index (κ1) is 15.2. The number of hydrogen-bond donors (Lipinski definition) is 2. The molecule has 0 unspecified atom stereocenters. The number of nitriles is 1. The van der Waals surface area contributed by atoms with Crippen molar-refractivity contribution >= 4 is 23.3 Å². The van der Waals surface area contributed by atoms with Crippen LogP contribution in [0.2, 0.25) is 5.02 Å². The molecule has 19 heavy (non-hydrogen) atoms. The molecule has 0 spiro atoms. The zero-order valence-electron chi connectivity index (χ0n) is 10.9. The summed E-state index contributed by atoms with van der Waals surface area (Å²) in [5.41, 5.74) is 2.71. The molecular weight excluding hydrogens is 266 g/mol. The van der Waals surface area contributed by atoms with Crippen LogP contribution in [0.1, 0.15) is 30.6 Å². The van der Waals surface area contributed by atoms with Crippen LogP contribution in [0.3, 0.4) is 0 Å². The first-order valence-electron chi connectivity index (χ1n) is 5.81. The van der Waals surface area contributed by atoms with Gasteiger partial charge in [0, 0.05) is 18.8 Å². The summed E-state index contributed by atoms with van der Waals surface area (Å²) >= 11 is 5.93. The van der Waals surface area contributed by atoms with Crippen molar-refractivity contribution in [1.82, 2.24) is 9.88 Å². The lowest BCUT2D eigenvalue weighted by Gasteiger charge is -2.25. The van der Waals surface area contributed by atoms with E-state index in [1.54, 1.807) is 4.90 Å². The van der Waals surface area contributed by atoms with Gasteiger partial charge in [0.15, 0.2) is 5.82 Å². The van der Waals surface area contributed by atoms with Crippen LogP contribution < -0.4 is 11.3 Å². The lowest BCUT2D eigenvalue weighted by atomic mass is 10.2. The minimum absolute atomic E-state index is 0.00747. The fraction of sp³-hybridized carbons (Fsp3) is 0.417. The molecule has 0 saturated carbocycles. The summed E-state index contributed by atoms with van der Waals surface area (Å²) in [5, 5.41) is 8.89. The number of hydrazine groups is 1. The molecule has 0 atom stereocenters. The monoisotopic (exact) mass is 281 g/mol. The van der Waals surface area contributed by atoms with Crippen LogP contribution in [0.15, 0.2) is 12.3 Å². The molecule has 0 aliphatic heterocycles. The van der Waals surface area contributed by atoms with Crippen LogP contribution in [0.5, 0.6) is 0 Å². The number of aromatic nitrogens is 1. The molecule has 1 heterocycles. The zero-order chi connectivity index (χ0) is 14.4. The molecule has 1 aromatic heterocycles. The molecule has 3 N–H and O–H groups in total. The summed E-state index contributed by atoms with van der Waals surface area (Å²) in [7, 11) is 0. The molecule has 0 bridgehead atoms. The average Bonchev–Trinajstić information content (AvgIpc) is 2.38. The molecule has 1 amide bonds. The van der Waals surface area contributed by atoms with Gasteiger partial charge in [-0.2, -0.15) is 5.26 Å². The van der Waals surface area contributed by atoms with Crippen LogP contribution in [0.4, 0.5) is 5.82 Å². The molecule has 102 valence electrons. The van der Waals surface area contributed by atoms with Gasteiger partial charge in [-0.1, -0.05) is 11.6 Å². The summed E-state index contributed by atoms with van der Waals surface area (Å²) in [4.78, 5) is 17.9. The first-order chi connectivity index (χ1) is 9.01. The molecule has 0 aliphatic carbocycles. The molecule has 0 aliphatic rings. The highest BCUT2D eigenvalue weighted by atomic mass is 35.5. The van der Waals surface area contributed by atoms with E-state index in [1.165, 1.54) is 12.3 Å². The molecule has 0 fully saturated rings. The first-order valence-corrected chi connectivity index (χ1v) is 6.19. The molecule has 7 heteroatoms. The minimum atomic E-state index is -0.205. The highest BCUT2D eigenvalue weighted by molar-refractivity contribution is 6.33. The summed E-state index contributed by atoms with van der Waals surface area (Å²) in [6.45, 7) is 4.15. The number of carbonyl (C=O) groups excluding carboxylic acids is 1. The molecule has 6 nitrogen and oxygen atoms in total. The number of nitrogens with zero attached hydrogens (tertiary/aromatic N) is 3. The highest BCUT2D eigenvalue weighted by Crippen LogP contribution is 2.20. The van der Waals surface area contributed by atoms with E-state index in [0.29, 0.717) is 17.9 Å². The lowest BCUT2D eigenvalue weighted by Crippen LogP contribution is -2.37. The smallest absolute Gasteiger partial charge is 0.255 e. The van der Waals surface area contributed by atoms with Gasteiger partial charge in [-0.25, -0.2) is 10.8 Å². The number of nitrogens with two attached hydrogens (primary N) is 1. The van der Waals surface area contributed by atoms with Gasteiger partial charge in [-0.15, -0.1) is 0 Å². The van der Waals surface area contributed by atoms with Gasteiger partial charge in [-0.05, 0) is 19.9 Å². The summed E-state index contributed by atoms with van der Waals surface area (Å²) in [6.07, 6.45) is 1.69. The third-order valence-electron chi connectivity index (χ3n) is 2.57. The van der Waals surface area contributed by atoms with Gasteiger partial charge in [0.2, 0.25) is 0 Å². The Kier molecular flexibility index (Phi) is 5.55. The number of hydrogen-bond acceptors (Lipinski definition) is 5. The summed E-state index contributed by atoms with van der Waals surface area (Å²) in [5.74, 6) is 5.33. The van der Waals surface area contributed by atoms with Crippen molar-refractivity contribution in [3.05, 3.63) is 22.8 Å². The van der Waals surface area contributed by atoms with E-state index in [9.17, 15) is 4.79 Å². The van der Waals surface area contributed by atoms with Crippen molar-refractivity contribution in [2.24, 2.45) is 5.84 Å². The zero-order valence-corrected chi connectivity index (χ0v) is 11.6. The van der Waals surface area contributed by atoms with E-state index in [2.05, 4.69) is 10.4 Å². The van der Waals surface area contributed by atoms with Crippen LogP contribution in [0.25, 0.3) is 0 Å². The Morgan fingerprint density at radius 3 is 2.84 bits per heavy atom. The van der Waals surface area contributed by atoms with Gasteiger partial charge in [0.25, 0.3) is 5.91 Å². The Morgan fingerprint density at radius 2 is 2.37 bits per heavy atom. The van der Waals surface area contributed by atoms with Crippen molar-refractivity contribution in [2.75, 3.05) is 12.0 Å². The second-order valence-electron chi connectivity index (χ2n) is 4.20. The maximum absolute atomic E-state index is 12.3. The van der Waals surface area contributed by atoms with E-state index in [0.717, 1.165) is 0 Å². The summed E-state index contributed by atoms with van der Waals surface area (Å²) in [6, 6.07) is 3.53. The fourth-order valence-electron chi connectivity index (χ4n) is 1.59. The van der Waals surface area contributed by atoms with Crippen LogP contribution in [-0.4, -0.2) is 28.4 Å². The Balaban J connectivity index is 2.97. The second kappa shape index (κ2) is 6.92. The third kappa shape index (κ3) is 3.81. The normalized spacial score (nSPS) is 10.1. The standard InChI is InChI=1S/C12H16ClN5O/c1-8(2)18(5-3-4-14)12(19)9-6-10(13)11(17-15)16-7-9/h6-8H,3,5,15H2,1-2H3,(H,16,17). The van der Waals surface area contributed by atoms with Crippen molar-refractivity contribution in [2.45, 2.75) is 26.3 Å². The predicted octanol–water partition coefficient (Wildman–Crippen LogP) is 1.78. The topological polar surface area (TPSA) is 95.0 Å². The number of amides is 1. The number of carbonyl (C=O) groups is 1. The molecule has 0 saturated heterocycles. The second-order valence-corrected chi connectivity index (χ2v) is 4.61. The maximum atomic E-state index is 12.3. The fourth-order valence-corrected chi connectivity index (χ4v) is 1.81. The number of nitrogens with one attached hydrogen (secondary N) is 1. The van der Waals surface area contributed by atoms with Crippen molar-refractivity contribution in [3.8, 4) is 6.07 Å². The molecular formula is C12H16ClN5O. The quantitative estimate of drug-likeness (QED) is 0.634. The van der Waals surface area contributed by atoms with Crippen LogP contribution >= 0.6 is 11.6 Å². The Labute approximate surface area is 117 Å². The van der Waals surface area contributed by atoms with Gasteiger partial charge in [-0.3, -0.25) is 4.79 Å². The van der Waals surface area contributed by atoms with Gasteiger partial charge in [0.1, 0.15) is 0 Å². The van der Waals surface area contributed by atoms with E-state index >= 15 is 0 Å². The molecule has 1 aromatic rings. The predicted molar refractivity (Wildman–Crippen MR) is 73.5 cm³/mol. The van der Waals surface area contributed by atoms with Gasteiger partial charge in [0.05, 0.1) is 23.1 Å². The SMILES string of the molecule is CC(C)N(CCC#N)C(=O)c1cnc(NN)c(Cl)c1. The lowest BCUT2D eigenvalue weighted by molar-refractivity contribution is 0.0710. The van der Waals surface area contributed by atoms with Gasteiger partial charge < -0.3 is 10.3 Å². The largest absolute Gasteiger partial charge is 0.335 e. The van der Waals surface area contributed by atoms with Crippen LogP contribution in [-0.2, 0) is 0 Å². The molecule has 0 radical (unpaired) electrons. The average molecular weight is 282 g/mol. The molecule has 1 rings (SSSR count). The summed E-state index contributed by atoms with van der Waals surface area (Å²) < 4.78 is 0. The Morgan fingerprint density at radius 1 is 1.68 bits per heavy atom. The Hall–Kier alpha value is -1.84. The maximum Gasteiger partial charge on any atom is 0.255 e.